The first-order valence-corrected chi connectivity index (χ1v) is 8.75. The van der Waals surface area contributed by atoms with Crippen molar-refractivity contribution in [3.05, 3.63) is 30.3 Å². The molecule has 1 saturated carbocycles. The Morgan fingerprint density at radius 1 is 1.29 bits per heavy atom. The molecule has 130 valence electrons. The average Bonchev–Trinajstić information content (AvgIpc) is 2.80. The molecule has 2 rings (SSSR count). The van der Waals surface area contributed by atoms with Crippen molar-refractivity contribution in [2.75, 3.05) is 18.0 Å². The summed E-state index contributed by atoms with van der Waals surface area (Å²) in [6.45, 7) is 2.21. The van der Waals surface area contributed by atoms with Crippen LogP contribution in [0, 0.1) is 11.3 Å². The van der Waals surface area contributed by atoms with Crippen molar-refractivity contribution in [3.63, 3.8) is 0 Å². The van der Waals surface area contributed by atoms with Gasteiger partial charge in [0.2, 0.25) is 5.91 Å². The minimum atomic E-state index is -0.735. The first kappa shape index (κ1) is 18.3. The SMILES string of the molecule is C[C@@H](O)CN(CC(=O)NC1(C#N)CCCCCC1)c1ccccc1. The van der Waals surface area contributed by atoms with Crippen molar-refractivity contribution in [2.45, 2.75) is 57.1 Å². The first-order chi connectivity index (χ1) is 11.5. The number of aliphatic hydroxyl groups is 1. The van der Waals surface area contributed by atoms with Crippen LogP contribution in [0.25, 0.3) is 0 Å². The van der Waals surface area contributed by atoms with Crippen LogP contribution in [-0.2, 0) is 4.79 Å². The Balaban J connectivity index is 2.05. The maximum Gasteiger partial charge on any atom is 0.240 e. The third-order valence-corrected chi connectivity index (χ3v) is 4.49. The molecule has 24 heavy (non-hydrogen) atoms. The van der Waals surface area contributed by atoms with E-state index in [1.807, 2.05) is 35.2 Å². The number of nitrogens with one attached hydrogen (secondary N) is 1. The van der Waals surface area contributed by atoms with Crippen molar-refractivity contribution in [2.24, 2.45) is 0 Å². The second-order valence-electron chi connectivity index (χ2n) is 6.72. The molecule has 0 aromatic heterocycles. The average molecular weight is 329 g/mol. The maximum atomic E-state index is 12.6. The number of hydrogen-bond acceptors (Lipinski definition) is 4. The van der Waals surface area contributed by atoms with Crippen molar-refractivity contribution in [1.29, 1.82) is 5.26 Å². The number of nitrogens with zero attached hydrogens (tertiary/aromatic N) is 2. The molecule has 1 aromatic carbocycles. The fraction of sp³-hybridized carbons (Fsp3) is 0.579. The molecule has 0 saturated heterocycles. The number of aliphatic hydroxyl groups excluding tert-OH is 1. The lowest BCUT2D eigenvalue weighted by Crippen LogP contribution is -2.51. The summed E-state index contributed by atoms with van der Waals surface area (Å²) in [5, 5.41) is 22.3. The molecule has 1 aromatic rings. The predicted molar refractivity (Wildman–Crippen MR) is 94.5 cm³/mol. The van der Waals surface area contributed by atoms with Gasteiger partial charge in [0.05, 0.1) is 18.7 Å². The van der Waals surface area contributed by atoms with Gasteiger partial charge in [-0.15, -0.1) is 0 Å². The van der Waals surface area contributed by atoms with Crippen LogP contribution >= 0.6 is 0 Å². The predicted octanol–water partition coefficient (Wildman–Crippen LogP) is 2.61. The van der Waals surface area contributed by atoms with E-state index in [0.29, 0.717) is 6.54 Å². The molecular formula is C19H27N3O2. The number of rotatable bonds is 6. The topological polar surface area (TPSA) is 76.4 Å². The molecule has 0 spiro atoms. The number of carbonyl (C=O) groups is 1. The molecule has 1 aliphatic carbocycles. The number of para-hydroxylation sites is 1. The van der Waals surface area contributed by atoms with Crippen LogP contribution < -0.4 is 10.2 Å². The minimum Gasteiger partial charge on any atom is -0.392 e. The summed E-state index contributed by atoms with van der Waals surface area (Å²) >= 11 is 0. The summed E-state index contributed by atoms with van der Waals surface area (Å²) < 4.78 is 0. The third kappa shape index (κ3) is 5.24. The smallest absolute Gasteiger partial charge is 0.240 e. The second-order valence-corrected chi connectivity index (χ2v) is 6.72. The van der Waals surface area contributed by atoms with E-state index in [-0.39, 0.29) is 12.5 Å². The molecule has 1 amide bonds. The molecule has 0 heterocycles. The van der Waals surface area contributed by atoms with E-state index in [0.717, 1.165) is 44.2 Å². The number of hydrogen-bond donors (Lipinski definition) is 2. The molecular weight excluding hydrogens is 302 g/mol. The van der Waals surface area contributed by atoms with Gasteiger partial charge in [0, 0.05) is 12.2 Å². The van der Waals surface area contributed by atoms with E-state index in [2.05, 4.69) is 11.4 Å². The Kier molecular flexibility index (Phi) is 6.62. The standard InChI is InChI=1S/C19H27N3O2/c1-16(23)13-22(17-9-5-4-6-10-17)14-18(24)21-19(15-20)11-7-2-3-8-12-19/h4-6,9-10,16,23H,2-3,7-8,11-14H2,1H3,(H,21,24)/t16-/m1/s1. The molecule has 1 aliphatic rings. The highest BCUT2D eigenvalue weighted by Crippen LogP contribution is 2.26. The Morgan fingerprint density at radius 2 is 1.92 bits per heavy atom. The van der Waals surface area contributed by atoms with Gasteiger partial charge >= 0.3 is 0 Å². The Bertz CT molecular complexity index is 558. The molecule has 0 bridgehead atoms. The normalized spacial score (nSPS) is 18.0. The fourth-order valence-electron chi connectivity index (χ4n) is 3.30. The lowest BCUT2D eigenvalue weighted by atomic mass is 9.92. The van der Waals surface area contributed by atoms with Gasteiger partial charge < -0.3 is 15.3 Å². The molecule has 1 atom stereocenters. The third-order valence-electron chi connectivity index (χ3n) is 4.49. The number of anilines is 1. The zero-order valence-electron chi connectivity index (χ0n) is 14.4. The van der Waals surface area contributed by atoms with E-state index in [1.54, 1.807) is 6.92 Å². The quantitative estimate of drug-likeness (QED) is 0.787. The van der Waals surface area contributed by atoms with E-state index in [4.69, 9.17) is 0 Å². The Hall–Kier alpha value is -2.06. The molecule has 0 radical (unpaired) electrons. The zero-order valence-corrected chi connectivity index (χ0v) is 14.4. The summed E-state index contributed by atoms with van der Waals surface area (Å²) in [4.78, 5) is 14.4. The van der Waals surface area contributed by atoms with Crippen LogP contribution in [0.5, 0.6) is 0 Å². The first-order valence-electron chi connectivity index (χ1n) is 8.75. The molecule has 1 fully saturated rings. The number of carbonyl (C=O) groups excluding carboxylic acids is 1. The van der Waals surface area contributed by atoms with E-state index in [9.17, 15) is 15.2 Å². The van der Waals surface area contributed by atoms with E-state index in [1.165, 1.54) is 0 Å². The monoisotopic (exact) mass is 329 g/mol. The van der Waals surface area contributed by atoms with E-state index < -0.39 is 11.6 Å². The molecule has 5 heteroatoms. The maximum absolute atomic E-state index is 12.6. The van der Waals surface area contributed by atoms with Gasteiger partial charge in [-0.1, -0.05) is 43.9 Å². The highest BCUT2D eigenvalue weighted by molar-refractivity contribution is 5.82. The molecule has 2 N–H and O–H groups in total. The summed E-state index contributed by atoms with van der Waals surface area (Å²) in [5.74, 6) is -0.164. The van der Waals surface area contributed by atoms with Gasteiger partial charge in [0.1, 0.15) is 5.54 Å². The second kappa shape index (κ2) is 8.70. The van der Waals surface area contributed by atoms with Crippen LogP contribution in [-0.4, -0.2) is 35.7 Å². The highest BCUT2D eigenvalue weighted by Gasteiger charge is 2.32. The minimum absolute atomic E-state index is 0.137. The summed E-state index contributed by atoms with van der Waals surface area (Å²) in [6.07, 6.45) is 5.09. The van der Waals surface area contributed by atoms with Crippen molar-refractivity contribution >= 4 is 11.6 Å². The summed E-state index contributed by atoms with van der Waals surface area (Å²) in [6, 6.07) is 11.9. The van der Waals surface area contributed by atoms with Gasteiger partial charge in [-0.3, -0.25) is 4.79 Å². The van der Waals surface area contributed by atoms with Gasteiger partial charge in [0.15, 0.2) is 0 Å². The molecule has 5 nitrogen and oxygen atoms in total. The largest absolute Gasteiger partial charge is 0.392 e. The van der Waals surface area contributed by atoms with Crippen molar-refractivity contribution < 1.29 is 9.90 Å². The molecule has 0 unspecified atom stereocenters. The van der Waals surface area contributed by atoms with Crippen LogP contribution in [0.1, 0.15) is 45.4 Å². The highest BCUT2D eigenvalue weighted by atomic mass is 16.3. The Morgan fingerprint density at radius 3 is 2.46 bits per heavy atom. The number of amides is 1. The molecule has 0 aliphatic heterocycles. The van der Waals surface area contributed by atoms with Crippen LogP contribution in [0.2, 0.25) is 0 Å². The van der Waals surface area contributed by atoms with Gasteiger partial charge in [-0.25, -0.2) is 0 Å². The zero-order chi connectivity index (χ0) is 17.4. The lowest BCUT2D eigenvalue weighted by molar-refractivity contribution is -0.121. The Labute approximate surface area is 144 Å². The van der Waals surface area contributed by atoms with Gasteiger partial charge in [0.25, 0.3) is 0 Å². The summed E-state index contributed by atoms with van der Waals surface area (Å²) in [7, 11) is 0. The number of benzene rings is 1. The summed E-state index contributed by atoms with van der Waals surface area (Å²) in [5.41, 5.74) is 0.154. The van der Waals surface area contributed by atoms with Crippen molar-refractivity contribution in [1.82, 2.24) is 5.32 Å². The van der Waals surface area contributed by atoms with Crippen LogP contribution in [0.15, 0.2) is 30.3 Å². The van der Waals surface area contributed by atoms with Crippen molar-refractivity contribution in [3.8, 4) is 6.07 Å². The lowest BCUT2D eigenvalue weighted by Gasteiger charge is -2.30. The van der Waals surface area contributed by atoms with Gasteiger partial charge in [-0.2, -0.15) is 5.26 Å². The van der Waals surface area contributed by atoms with Gasteiger partial charge in [-0.05, 0) is 31.9 Å². The van der Waals surface area contributed by atoms with E-state index >= 15 is 0 Å². The van der Waals surface area contributed by atoms with Crippen LogP contribution in [0.3, 0.4) is 0 Å². The van der Waals surface area contributed by atoms with Crippen LogP contribution in [0.4, 0.5) is 5.69 Å². The number of nitriles is 1. The fourth-order valence-corrected chi connectivity index (χ4v) is 3.30.